The van der Waals surface area contributed by atoms with Crippen molar-refractivity contribution < 1.29 is 14.3 Å². The van der Waals surface area contributed by atoms with Crippen LogP contribution in [0.5, 0.6) is 11.5 Å². The lowest BCUT2D eigenvalue weighted by Crippen LogP contribution is -2.18. The number of H-pyrrole nitrogens is 1. The maximum absolute atomic E-state index is 12.4. The molecular formula is C22H20N4O4S. The summed E-state index contributed by atoms with van der Waals surface area (Å²) in [5.41, 5.74) is 0.756. The van der Waals surface area contributed by atoms with Gasteiger partial charge in [0.25, 0.3) is 5.56 Å². The predicted molar refractivity (Wildman–Crippen MR) is 119 cm³/mol. The van der Waals surface area contributed by atoms with Crippen LogP contribution >= 0.6 is 11.8 Å². The number of anilines is 1. The predicted octanol–water partition coefficient (Wildman–Crippen LogP) is 3.45. The highest BCUT2D eigenvalue weighted by molar-refractivity contribution is 7.99. The summed E-state index contributed by atoms with van der Waals surface area (Å²) in [4.78, 5) is 31.7. The molecule has 0 atom stereocenters. The fraction of sp³-hybridized carbons (Fsp3) is 0.182. The molecule has 9 heteroatoms. The number of nitrogens with zero attached hydrogens (tertiary/aromatic N) is 2. The number of rotatable bonds is 8. The smallest absolute Gasteiger partial charge is 0.270 e. The van der Waals surface area contributed by atoms with Crippen LogP contribution in [0.1, 0.15) is 12.5 Å². The molecule has 2 N–H and O–H groups in total. The van der Waals surface area contributed by atoms with E-state index in [1.165, 1.54) is 0 Å². The largest absolute Gasteiger partial charge is 0.497 e. The van der Waals surface area contributed by atoms with Crippen LogP contribution in [-0.4, -0.2) is 35.3 Å². The minimum Gasteiger partial charge on any atom is -0.497 e. The second-order valence-corrected chi connectivity index (χ2v) is 7.17. The van der Waals surface area contributed by atoms with Gasteiger partial charge in [0.2, 0.25) is 5.91 Å². The Morgan fingerprint density at radius 3 is 2.65 bits per heavy atom. The van der Waals surface area contributed by atoms with E-state index in [0.29, 0.717) is 29.4 Å². The Morgan fingerprint density at radius 1 is 1.23 bits per heavy atom. The molecule has 0 fully saturated rings. The second kappa shape index (κ2) is 10.3. The summed E-state index contributed by atoms with van der Waals surface area (Å²) in [5, 5.41) is 12.4. The summed E-state index contributed by atoms with van der Waals surface area (Å²) >= 11 is 1.06. The number of carbonyl (C=O) groups is 1. The summed E-state index contributed by atoms with van der Waals surface area (Å²) in [6.45, 7) is 2.34. The molecule has 0 spiro atoms. The van der Waals surface area contributed by atoms with Crippen molar-refractivity contribution >= 4 is 23.4 Å². The van der Waals surface area contributed by atoms with Crippen LogP contribution < -0.4 is 20.3 Å². The van der Waals surface area contributed by atoms with Crippen LogP contribution in [0.25, 0.3) is 11.3 Å². The first-order valence-electron chi connectivity index (χ1n) is 9.39. The van der Waals surface area contributed by atoms with E-state index in [1.54, 1.807) is 49.6 Å². The molecule has 2 aromatic carbocycles. The number of hydrogen-bond acceptors (Lipinski definition) is 7. The number of thioether (sulfide) groups is 1. The lowest BCUT2D eigenvalue weighted by Gasteiger charge is -2.11. The van der Waals surface area contributed by atoms with Gasteiger partial charge in [-0.05, 0) is 43.3 Å². The summed E-state index contributed by atoms with van der Waals surface area (Å²) in [7, 11) is 1.55. The molecule has 8 nitrogen and oxygen atoms in total. The van der Waals surface area contributed by atoms with E-state index in [2.05, 4.69) is 15.3 Å². The van der Waals surface area contributed by atoms with Gasteiger partial charge in [-0.15, -0.1) is 0 Å². The van der Waals surface area contributed by atoms with Gasteiger partial charge in [-0.25, -0.2) is 4.98 Å². The van der Waals surface area contributed by atoms with Crippen molar-refractivity contribution in [2.24, 2.45) is 0 Å². The van der Waals surface area contributed by atoms with Crippen LogP contribution in [0.4, 0.5) is 5.69 Å². The Morgan fingerprint density at radius 2 is 1.97 bits per heavy atom. The van der Waals surface area contributed by atoms with Gasteiger partial charge in [0.15, 0.2) is 5.16 Å². The average molecular weight is 436 g/mol. The van der Waals surface area contributed by atoms with Crippen molar-refractivity contribution in [2.75, 3.05) is 24.8 Å². The van der Waals surface area contributed by atoms with Gasteiger partial charge in [0.1, 0.15) is 23.1 Å². The number of carbonyl (C=O) groups excluding carboxylic acids is 1. The number of hydrogen-bond donors (Lipinski definition) is 2. The van der Waals surface area contributed by atoms with E-state index in [4.69, 9.17) is 9.47 Å². The minimum absolute atomic E-state index is 0.0113. The van der Waals surface area contributed by atoms with Gasteiger partial charge < -0.3 is 19.8 Å². The van der Waals surface area contributed by atoms with Gasteiger partial charge >= 0.3 is 0 Å². The van der Waals surface area contributed by atoms with Gasteiger partial charge in [-0.2, -0.15) is 5.26 Å². The first-order chi connectivity index (χ1) is 15.0. The highest BCUT2D eigenvalue weighted by Crippen LogP contribution is 2.26. The molecule has 0 saturated heterocycles. The summed E-state index contributed by atoms with van der Waals surface area (Å²) in [5.74, 6) is 0.952. The molecule has 0 radical (unpaired) electrons. The Bertz CT molecular complexity index is 1170. The van der Waals surface area contributed by atoms with Crippen molar-refractivity contribution in [3.8, 4) is 28.8 Å². The zero-order chi connectivity index (χ0) is 22.2. The number of para-hydroxylation sites is 2. The fourth-order valence-corrected chi connectivity index (χ4v) is 3.41. The molecule has 3 rings (SSSR count). The number of ether oxygens (including phenoxy) is 2. The highest BCUT2D eigenvalue weighted by Gasteiger charge is 2.15. The van der Waals surface area contributed by atoms with Crippen molar-refractivity contribution in [1.82, 2.24) is 9.97 Å². The van der Waals surface area contributed by atoms with E-state index in [9.17, 15) is 14.9 Å². The maximum atomic E-state index is 12.4. The SMILES string of the molecule is CCOc1ccccc1NC(=O)CSc1nc(-c2ccc(OC)cc2)c(C#N)c(=O)[nH]1. The van der Waals surface area contributed by atoms with Crippen LogP contribution in [-0.2, 0) is 4.79 Å². The summed E-state index contributed by atoms with van der Waals surface area (Å²) in [6.07, 6.45) is 0. The molecule has 1 heterocycles. The molecule has 0 saturated carbocycles. The number of nitriles is 1. The number of aromatic nitrogens is 2. The van der Waals surface area contributed by atoms with Crippen LogP contribution in [0.3, 0.4) is 0 Å². The van der Waals surface area contributed by atoms with E-state index in [-0.39, 0.29) is 28.1 Å². The zero-order valence-electron chi connectivity index (χ0n) is 17.0. The highest BCUT2D eigenvalue weighted by atomic mass is 32.2. The Labute approximate surface area is 183 Å². The first kappa shape index (κ1) is 21.9. The zero-order valence-corrected chi connectivity index (χ0v) is 17.8. The van der Waals surface area contributed by atoms with Crippen molar-refractivity contribution in [1.29, 1.82) is 5.26 Å². The monoisotopic (exact) mass is 436 g/mol. The van der Waals surface area contributed by atoms with Crippen LogP contribution in [0.2, 0.25) is 0 Å². The van der Waals surface area contributed by atoms with Crippen molar-refractivity contribution in [2.45, 2.75) is 12.1 Å². The lowest BCUT2D eigenvalue weighted by molar-refractivity contribution is -0.113. The third-order valence-electron chi connectivity index (χ3n) is 4.17. The molecule has 0 aliphatic heterocycles. The number of nitrogens with one attached hydrogen (secondary N) is 2. The Kier molecular flexibility index (Phi) is 7.30. The van der Waals surface area contributed by atoms with Crippen LogP contribution in [0, 0.1) is 11.3 Å². The molecule has 31 heavy (non-hydrogen) atoms. The second-order valence-electron chi connectivity index (χ2n) is 6.20. The van der Waals surface area contributed by atoms with Crippen molar-refractivity contribution in [3.05, 3.63) is 64.4 Å². The number of methoxy groups -OCH3 is 1. The van der Waals surface area contributed by atoms with E-state index < -0.39 is 5.56 Å². The Balaban J connectivity index is 1.78. The van der Waals surface area contributed by atoms with E-state index in [0.717, 1.165) is 11.8 Å². The third kappa shape index (κ3) is 5.43. The normalized spacial score (nSPS) is 10.2. The van der Waals surface area contributed by atoms with Gasteiger partial charge in [-0.1, -0.05) is 23.9 Å². The molecule has 1 aromatic heterocycles. The van der Waals surface area contributed by atoms with E-state index in [1.807, 2.05) is 19.1 Å². The lowest BCUT2D eigenvalue weighted by atomic mass is 10.1. The topological polar surface area (TPSA) is 117 Å². The summed E-state index contributed by atoms with van der Waals surface area (Å²) in [6, 6.07) is 15.9. The summed E-state index contributed by atoms with van der Waals surface area (Å²) < 4.78 is 10.6. The number of amides is 1. The standard InChI is InChI=1S/C22H20N4O4S/c1-3-30-18-7-5-4-6-17(18)24-19(27)13-31-22-25-20(16(12-23)21(28)26-22)14-8-10-15(29-2)11-9-14/h4-11H,3,13H2,1-2H3,(H,24,27)(H,25,26,28). The quantitative estimate of drug-likeness (QED) is 0.410. The molecule has 0 aliphatic carbocycles. The molecule has 3 aromatic rings. The average Bonchev–Trinajstić information content (AvgIpc) is 2.79. The molecule has 158 valence electrons. The Hall–Kier alpha value is -3.77. The fourth-order valence-electron chi connectivity index (χ4n) is 2.75. The van der Waals surface area contributed by atoms with Gasteiger partial charge in [0, 0.05) is 5.56 Å². The van der Waals surface area contributed by atoms with Gasteiger partial charge in [-0.3, -0.25) is 9.59 Å². The maximum Gasteiger partial charge on any atom is 0.270 e. The third-order valence-corrected chi connectivity index (χ3v) is 5.05. The van der Waals surface area contributed by atoms with Crippen LogP contribution in [0.15, 0.2) is 58.5 Å². The first-order valence-corrected chi connectivity index (χ1v) is 10.4. The number of benzene rings is 2. The molecule has 1 amide bonds. The molecule has 0 bridgehead atoms. The van der Waals surface area contributed by atoms with Gasteiger partial charge in [0.05, 0.1) is 30.9 Å². The molecule has 0 unspecified atom stereocenters. The minimum atomic E-state index is -0.562. The molecular weight excluding hydrogens is 416 g/mol. The van der Waals surface area contributed by atoms with Crippen molar-refractivity contribution in [3.63, 3.8) is 0 Å². The number of aromatic amines is 1. The molecule has 0 aliphatic rings. The van der Waals surface area contributed by atoms with E-state index >= 15 is 0 Å².